The lowest BCUT2D eigenvalue weighted by Crippen LogP contribution is -2.46. The molecule has 0 amide bonds. The minimum Gasteiger partial charge on any atom is -0.381 e. The largest absolute Gasteiger partial charge is 0.381 e. The second-order valence-electron chi connectivity index (χ2n) is 4.39. The summed E-state index contributed by atoms with van der Waals surface area (Å²) in [4.78, 5) is 6.83. The van der Waals surface area contributed by atoms with Crippen LogP contribution in [0.5, 0.6) is 0 Å². The van der Waals surface area contributed by atoms with Crippen LogP contribution in [0.3, 0.4) is 0 Å². The van der Waals surface area contributed by atoms with Crippen LogP contribution in [0.2, 0.25) is 0 Å². The van der Waals surface area contributed by atoms with E-state index in [1.165, 1.54) is 10.4 Å². The predicted octanol–water partition coefficient (Wildman–Crippen LogP) is 1.82. The highest BCUT2D eigenvalue weighted by molar-refractivity contribution is 7.10. The summed E-state index contributed by atoms with van der Waals surface area (Å²) in [5, 5.41) is 2.20. The summed E-state index contributed by atoms with van der Waals surface area (Å²) in [5.41, 5.74) is 4.59. The second-order valence-corrected chi connectivity index (χ2v) is 5.31. The van der Waals surface area contributed by atoms with Crippen molar-refractivity contribution in [1.82, 2.24) is 5.48 Å². The van der Waals surface area contributed by atoms with Crippen LogP contribution in [0.25, 0.3) is 0 Å². The van der Waals surface area contributed by atoms with Crippen LogP contribution < -0.4 is 5.48 Å². The number of thiophene rings is 1. The van der Waals surface area contributed by atoms with E-state index in [0.717, 1.165) is 26.2 Å². The molecule has 0 saturated carbocycles. The summed E-state index contributed by atoms with van der Waals surface area (Å²) >= 11 is 1.83. The van der Waals surface area contributed by atoms with Gasteiger partial charge in [-0.25, -0.2) is 0 Å². The topological polar surface area (TPSA) is 30.5 Å². The van der Waals surface area contributed by atoms with E-state index in [-0.39, 0.29) is 5.54 Å². The van der Waals surface area contributed by atoms with Gasteiger partial charge in [-0.15, -0.1) is 11.3 Å². The molecule has 2 aliphatic heterocycles. The first-order chi connectivity index (χ1) is 7.31. The number of hydroxylamine groups is 1. The van der Waals surface area contributed by atoms with E-state index in [1.807, 2.05) is 11.3 Å². The van der Waals surface area contributed by atoms with Crippen LogP contribution in [0, 0.1) is 12.8 Å². The first kappa shape index (κ1) is 9.78. The minimum absolute atomic E-state index is 0.0250. The zero-order chi connectivity index (χ0) is 10.3. The Balaban J connectivity index is 1.99. The maximum Gasteiger partial charge on any atom is 0.0867 e. The van der Waals surface area contributed by atoms with Gasteiger partial charge in [0.15, 0.2) is 0 Å². The van der Waals surface area contributed by atoms with Gasteiger partial charge in [-0.1, -0.05) is 0 Å². The number of ether oxygens (including phenoxy) is 1. The summed E-state index contributed by atoms with van der Waals surface area (Å²) in [7, 11) is 0. The van der Waals surface area contributed by atoms with Gasteiger partial charge in [-0.05, 0) is 30.4 Å². The van der Waals surface area contributed by atoms with Crippen molar-refractivity contribution < 1.29 is 9.57 Å². The highest BCUT2D eigenvalue weighted by atomic mass is 32.1. The molecule has 1 aromatic heterocycles. The Morgan fingerprint density at radius 2 is 2.47 bits per heavy atom. The monoisotopic (exact) mass is 225 g/mol. The molecule has 1 aromatic rings. The first-order valence-corrected chi connectivity index (χ1v) is 6.21. The lowest BCUT2D eigenvalue weighted by atomic mass is 9.80. The molecule has 2 saturated heterocycles. The molecule has 0 bridgehead atoms. The van der Waals surface area contributed by atoms with E-state index in [0.29, 0.717) is 5.92 Å². The quantitative estimate of drug-likeness (QED) is 0.791. The van der Waals surface area contributed by atoms with Crippen LogP contribution in [0.4, 0.5) is 0 Å². The zero-order valence-corrected chi connectivity index (χ0v) is 9.60. The third-order valence-corrected chi connectivity index (χ3v) is 4.59. The maximum atomic E-state index is 5.52. The molecule has 0 aliphatic carbocycles. The van der Waals surface area contributed by atoms with Gasteiger partial charge in [0.2, 0.25) is 0 Å². The van der Waals surface area contributed by atoms with Crippen molar-refractivity contribution in [3.63, 3.8) is 0 Å². The molecule has 1 unspecified atom stereocenters. The summed E-state index contributed by atoms with van der Waals surface area (Å²) in [6, 6.07) is 2.27. The Morgan fingerprint density at radius 1 is 1.53 bits per heavy atom. The van der Waals surface area contributed by atoms with Crippen molar-refractivity contribution in [2.75, 3.05) is 19.8 Å². The highest BCUT2D eigenvalue weighted by Crippen LogP contribution is 2.42. The molecular formula is C11H15NO2S. The van der Waals surface area contributed by atoms with Gasteiger partial charge < -0.3 is 9.57 Å². The minimum atomic E-state index is 0.0250. The first-order valence-electron chi connectivity index (χ1n) is 5.33. The molecule has 3 rings (SSSR count). The van der Waals surface area contributed by atoms with Gasteiger partial charge in [-0.2, -0.15) is 5.48 Å². The standard InChI is InChI=1S/C11H15NO2S/c1-8-4-10(15-7-8)11-2-3-13-5-9(11)6-14-12-11/h4,7,9,12H,2-3,5-6H2,1H3/t9?,11-/m0/s1. The van der Waals surface area contributed by atoms with Crippen molar-refractivity contribution in [2.24, 2.45) is 5.92 Å². The molecule has 4 heteroatoms. The fourth-order valence-corrected chi connectivity index (χ4v) is 3.60. The van der Waals surface area contributed by atoms with E-state index >= 15 is 0 Å². The molecule has 1 N–H and O–H groups in total. The lowest BCUT2D eigenvalue weighted by Gasteiger charge is -2.36. The van der Waals surface area contributed by atoms with Crippen LogP contribution in [0.15, 0.2) is 11.4 Å². The van der Waals surface area contributed by atoms with Crippen LogP contribution in [0.1, 0.15) is 16.9 Å². The van der Waals surface area contributed by atoms with Gasteiger partial charge in [-0.3, -0.25) is 0 Å². The molecular weight excluding hydrogens is 210 g/mol. The van der Waals surface area contributed by atoms with E-state index in [9.17, 15) is 0 Å². The molecule has 15 heavy (non-hydrogen) atoms. The van der Waals surface area contributed by atoms with Crippen molar-refractivity contribution in [3.05, 3.63) is 21.9 Å². The number of rotatable bonds is 1. The van der Waals surface area contributed by atoms with Gasteiger partial charge in [0.1, 0.15) is 0 Å². The summed E-state index contributed by atoms with van der Waals surface area (Å²) in [5.74, 6) is 0.462. The van der Waals surface area contributed by atoms with Crippen molar-refractivity contribution in [2.45, 2.75) is 18.9 Å². The number of aryl methyl sites for hydroxylation is 1. The molecule has 82 valence electrons. The highest BCUT2D eigenvalue weighted by Gasteiger charge is 2.48. The van der Waals surface area contributed by atoms with Gasteiger partial charge >= 0.3 is 0 Å². The Hall–Kier alpha value is -0.420. The van der Waals surface area contributed by atoms with Crippen molar-refractivity contribution in [1.29, 1.82) is 0 Å². The van der Waals surface area contributed by atoms with E-state index in [2.05, 4.69) is 23.9 Å². The van der Waals surface area contributed by atoms with E-state index < -0.39 is 0 Å². The SMILES string of the molecule is Cc1csc([C@]23CCOCC2CON3)c1. The van der Waals surface area contributed by atoms with E-state index in [4.69, 9.17) is 9.57 Å². The summed E-state index contributed by atoms with van der Waals surface area (Å²) in [6.45, 7) is 4.53. The molecule has 2 aliphatic rings. The fourth-order valence-electron chi connectivity index (χ4n) is 2.44. The molecule has 0 radical (unpaired) electrons. The Bertz CT molecular complexity index is 365. The number of fused-ring (bicyclic) bond motifs is 1. The number of hydrogen-bond donors (Lipinski definition) is 1. The van der Waals surface area contributed by atoms with E-state index in [1.54, 1.807) is 0 Å². The summed E-state index contributed by atoms with van der Waals surface area (Å²) < 4.78 is 5.52. The molecule has 3 nitrogen and oxygen atoms in total. The average Bonchev–Trinajstić information content (AvgIpc) is 2.83. The molecule has 0 aromatic carbocycles. The Kier molecular flexibility index (Phi) is 2.32. The van der Waals surface area contributed by atoms with Gasteiger partial charge in [0.25, 0.3) is 0 Å². The number of nitrogens with one attached hydrogen (secondary N) is 1. The van der Waals surface area contributed by atoms with Crippen molar-refractivity contribution >= 4 is 11.3 Å². The van der Waals surface area contributed by atoms with Crippen LogP contribution in [-0.4, -0.2) is 19.8 Å². The molecule has 2 atom stereocenters. The maximum absolute atomic E-state index is 5.52. The van der Waals surface area contributed by atoms with Gasteiger partial charge in [0, 0.05) is 17.4 Å². The third-order valence-electron chi connectivity index (χ3n) is 3.37. The second kappa shape index (κ2) is 3.56. The van der Waals surface area contributed by atoms with Gasteiger partial charge in [0.05, 0.1) is 18.8 Å². The van der Waals surface area contributed by atoms with Crippen molar-refractivity contribution in [3.8, 4) is 0 Å². The van der Waals surface area contributed by atoms with Crippen LogP contribution >= 0.6 is 11.3 Å². The fraction of sp³-hybridized carbons (Fsp3) is 0.636. The number of hydrogen-bond acceptors (Lipinski definition) is 4. The molecule has 0 spiro atoms. The van der Waals surface area contributed by atoms with Crippen LogP contribution in [-0.2, 0) is 15.1 Å². The zero-order valence-electron chi connectivity index (χ0n) is 8.79. The Labute approximate surface area is 93.3 Å². The average molecular weight is 225 g/mol. The summed E-state index contributed by atoms with van der Waals surface area (Å²) in [6.07, 6.45) is 1.01. The lowest BCUT2D eigenvalue weighted by molar-refractivity contribution is 0.00133. The smallest absolute Gasteiger partial charge is 0.0867 e. The predicted molar refractivity (Wildman–Crippen MR) is 58.7 cm³/mol. The molecule has 2 fully saturated rings. The third kappa shape index (κ3) is 1.44. The molecule has 3 heterocycles. The normalized spacial score (nSPS) is 35.4. The Morgan fingerprint density at radius 3 is 3.27 bits per heavy atom.